The van der Waals surface area contributed by atoms with E-state index in [-0.39, 0.29) is 11.5 Å². The molecule has 5 heteroatoms. The van der Waals surface area contributed by atoms with Crippen LogP contribution >= 0.6 is 0 Å². The van der Waals surface area contributed by atoms with Crippen LogP contribution < -0.4 is 5.32 Å². The molecule has 0 aromatic carbocycles. The highest BCUT2D eigenvalue weighted by Gasteiger charge is 2.14. The minimum Gasteiger partial charge on any atom is -0.464 e. The molecule has 0 amide bonds. The molecule has 98 valence electrons. The van der Waals surface area contributed by atoms with E-state index in [0.29, 0.717) is 18.7 Å². The van der Waals surface area contributed by atoms with Crippen molar-refractivity contribution in [2.75, 3.05) is 12.3 Å². The summed E-state index contributed by atoms with van der Waals surface area (Å²) in [5, 5.41) is 3.13. The van der Waals surface area contributed by atoms with E-state index in [0.717, 1.165) is 18.7 Å². The molecule has 0 saturated heterocycles. The molecule has 0 atom stereocenters. The second-order valence-corrected chi connectivity index (χ2v) is 6.28. The summed E-state index contributed by atoms with van der Waals surface area (Å²) in [5.41, 5.74) is 0. The van der Waals surface area contributed by atoms with Crippen molar-refractivity contribution in [3.8, 4) is 0 Å². The molecule has 0 aliphatic rings. The van der Waals surface area contributed by atoms with E-state index in [4.69, 9.17) is 4.42 Å². The number of nitrogens with one attached hydrogen (secondary N) is 1. The van der Waals surface area contributed by atoms with E-state index < -0.39 is 9.84 Å². The highest BCUT2D eigenvalue weighted by molar-refractivity contribution is 7.90. The molecule has 0 aliphatic carbocycles. The molecule has 0 saturated carbocycles. The first-order chi connectivity index (χ1) is 8.07. The first-order valence-electron chi connectivity index (χ1n) is 6.06. The Morgan fingerprint density at radius 2 is 1.94 bits per heavy atom. The molecular weight excluding hydrogens is 238 g/mol. The summed E-state index contributed by atoms with van der Waals surface area (Å²) in [7, 11) is -3.02. The molecule has 0 bridgehead atoms. The number of sulfone groups is 1. The second-order valence-electron chi connectivity index (χ2n) is 4.09. The largest absolute Gasteiger partial charge is 0.464 e. The molecule has 0 fully saturated rings. The zero-order valence-corrected chi connectivity index (χ0v) is 11.3. The van der Waals surface area contributed by atoms with Crippen molar-refractivity contribution in [3.05, 3.63) is 23.7 Å². The Balaban J connectivity index is 2.53. The van der Waals surface area contributed by atoms with Gasteiger partial charge in [-0.1, -0.05) is 20.3 Å². The van der Waals surface area contributed by atoms with Crippen molar-refractivity contribution in [3.63, 3.8) is 0 Å². The van der Waals surface area contributed by atoms with Crippen LogP contribution in [0.1, 0.15) is 38.2 Å². The van der Waals surface area contributed by atoms with Crippen molar-refractivity contribution in [1.82, 2.24) is 5.32 Å². The van der Waals surface area contributed by atoms with Crippen LogP contribution in [0.15, 0.2) is 16.5 Å². The molecule has 0 unspecified atom stereocenters. The zero-order valence-electron chi connectivity index (χ0n) is 10.5. The van der Waals surface area contributed by atoms with Gasteiger partial charge in [-0.2, -0.15) is 0 Å². The average molecular weight is 259 g/mol. The predicted molar refractivity (Wildman–Crippen MR) is 68.5 cm³/mol. The lowest BCUT2D eigenvalue weighted by Crippen LogP contribution is -2.11. The maximum atomic E-state index is 11.7. The monoisotopic (exact) mass is 259 g/mol. The third-order valence-electron chi connectivity index (χ3n) is 2.44. The number of rotatable bonds is 8. The molecule has 17 heavy (non-hydrogen) atoms. The molecule has 1 aromatic heterocycles. The van der Waals surface area contributed by atoms with Crippen molar-refractivity contribution in [1.29, 1.82) is 0 Å². The summed E-state index contributed by atoms with van der Waals surface area (Å²) in [6.45, 7) is 5.51. The predicted octanol–water partition coefficient (Wildman–Crippen LogP) is 2.10. The summed E-state index contributed by atoms with van der Waals surface area (Å²) in [6.07, 6.45) is 1.61. The number of hydrogen-bond acceptors (Lipinski definition) is 4. The van der Waals surface area contributed by atoms with E-state index in [2.05, 4.69) is 5.32 Å². The summed E-state index contributed by atoms with van der Waals surface area (Å²) in [6, 6.07) is 3.57. The molecule has 1 N–H and O–H groups in total. The number of unbranched alkanes of at least 4 members (excludes halogenated alkanes) is 1. The van der Waals surface area contributed by atoms with Gasteiger partial charge in [0.05, 0.1) is 12.3 Å². The Bertz CT molecular complexity index is 423. The van der Waals surface area contributed by atoms with E-state index in [1.54, 1.807) is 6.07 Å². The first-order valence-corrected chi connectivity index (χ1v) is 7.88. The average Bonchev–Trinajstić information content (AvgIpc) is 2.70. The maximum absolute atomic E-state index is 11.7. The molecule has 1 heterocycles. The summed E-state index contributed by atoms with van der Waals surface area (Å²) < 4.78 is 28.9. The maximum Gasteiger partial charge on any atom is 0.157 e. The van der Waals surface area contributed by atoms with Gasteiger partial charge in [-0.3, -0.25) is 0 Å². The van der Waals surface area contributed by atoms with Crippen LogP contribution in [0.2, 0.25) is 0 Å². The molecule has 0 spiro atoms. The fourth-order valence-corrected chi connectivity index (χ4v) is 2.96. The van der Waals surface area contributed by atoms with E-state index in [1.165, 1.54) is 0 Å². The Morgan fingerprint density at radius 3 is 2.59 bits per heavy atom. The van der Waals surface area contributed by atoms with Gasteiger partial charge in [-0.05, 0) is 25.1 Å². The second kappa shape index (κ2) is 6.81. The van der Waals surface area contributed by atoms with Crippen LogP contribution in [-0.4, -0.2) is 20.7 Å². The standard InChI is InChI=1S/C12H21NO3S/c1-3-5-8-17(14,15)10-12-7-6-11(16-12)9-13-4-2/h6-7,13H,3-5,8-10H2,1-2H3. The Labute approximate surface area is 103 Å². The quantitative estimate of drug-likeness (QED) is 0.776. The Morgan fingerprint density at radius 1 is 1.24 bits per heavy atom. The number of hydrogen-bond donors (Lipinski definition) is 1. The van der Waals surface area contributed by atoms with Crippen molar-refractivity contribution in [2.24, 2.45) is 0 Å². The van der Waals surface area contributed by atoms with Crippen LogP contribution in [0.5, 0.6) is 0 Å². The lowest BCUT2D eigenvalue weighted by atomic mass is 10.4. The van der Waals surface area contributed by atoms with Crippen LogP contribution in [0.4, 0.5) is 0 Å². The van der Waals surface area contributed by atoms with Gasteiger partial charge >= 0.3 is 0 Å². The van der Waals surface area contributed by atoms with Gasteiger partial charge in [0.1, 0.15) is 17.3 Å². The highest BCUT2D eigenvalue weighted by Crippen LogP contribution is 2.12. The molecule has 1 aromatic rings. The molecule has 0 radical (unpaired) electrons. The lowest BCUT2D eigenvalue weighted by molar-refractivity contribution is 0.459. The van der Waals surface area contributed by atoms with Crippen LogP contribution in [-0.2, 0) is 22.1 Å². The summed E-state index contributed by atoms with van der Waals surface area (Å²) in [4.78, 5) is 0. The SMILES string of the molecule is CCCCS(=O)(=O)Cc1ccc(CNCC)o1. The smallest absolute Gasteiger partial charge is 0.157 e. The topological polar surface area (TPSA) is 59.3 Å². The van der Waals surface area contributed by atoms with Gasteiger partial charge < -0.3 is 9.73 Å². The first kappa shape index (κ1) is 14.3. The molecule has 4 nitrogen and oxygen atoms in total. The van der Waals surface area contributed by atoms with Gasteiger partial charge in [0.2, 0.25) is 0 Å². The highest BCUT2D eigenvalue weighted by atomic mass is 32.2. The fraction of sp³-hybridized carbons (Fsp3) is 0.667. The molecule has 0 aliphatic heterocycles. The van der Waals surface area contributed by atoms with Gasteiger partial charge in [0.15, 0.2) is 9.84 Å². The van der Waals surface area contributed by atoms with Crippen LogP contribution in [0.3, 0.4) is 0 Å². The Hall–Kier alpha value is -0.810. The van der Waals surface area contributed by atoms with Crippen molar-refractivity contribution in [2.45, 2.75) is 39.0 Å². The third kappa shape index (κ3) is 5.37. The van der Waals surface area contributed by atoms with Crippen molar-refractivity contribution >= 4 is 9.84 Å². The lowest BCUT2D eigenvalue weighted by Gasteiger charge is -2.01. The van der Waals surface area contributed by atoms with E-state index in [1.807, 2.05) is 19.9 Å². The zero-order chi connectivity index (χ0) is 12.7. The van der Waals surface area contributed by atoms with Gasteiger partial charge in [-0.25, -0.2) is 8.42 Å². The fourth-order valence-electron chi connectivity index (χ4n) is 1.50. The van der Waals surface area contributed by atoms with E-state index >= 15 is 0 Å². The van der Waals surface area contributed by atoms with Crippen molar-refractivity contribution < 1.29 is 12.8 Å². The van der Waals surface area contributed by atoms with Gasteiger partial charge in [0.25, 0.3) is 0 Å². The minimum absolute atomic E-state index is 0.0130. The van der Waals surface area contributed by atoms with Crippen LogP contribution in [0.25, 0.3) is 0 Å². The van der Waals surface area contributed by atoms with Gasteiger partial charge in [0, 0.05) is 0 Å². The molecular formula is C12H21NO3S. The number of furan rings is 1. The third-order valence-corrected chi connectivity index (χ3v) is 4.07. The summed E-state index contributed by atoms with van der Waals surface area (Å²) in [5.74, 6) is 1.58. The Kier molecular flexibility index (Phi) is 5.71. The van der Waals surface area contributed by atoms with Gasteiger partial charge in [-0.15, -0.1) is 0 Å². The normalized spacial score (nSPS) is 11.9. The van der Waals surface area contributed by atoms with E-state index in [9.17, 15) is 8.42 Å². The summed E-state index contributed by atoms with van der Waals surface area (Å²) >= 11 is 0. The van der Waals surface area contributed by atoms with Crippen LogP contribution in [0, 0.1) is 0 Å². The minimum atomic E-state index is -3.02. The molecule has 1 rings (SSSR count).